The fourth-order valence-corrected chi connectivity index (χ4v) is 5.28. The maximum Gasteiger partial charge on any atom is 0.416 e. The van der Waals surface area contributed by atoms with Crippen LogP contribution in [0.5, 0.6) is 0 Å². The molecule has 1 aliphatic carbocycles. The third-order valence-electron chi connectivity index (χ3n) is 5.75. The fourth-order valence-electron chi connectivity index (χ4n) is 3.97. The molecule has 0 amide bonds. The number of fused-ring (bicyclic) bond motifs is 1. The standard InChI is InChI=1S/C20H21F3N6O2S/c21-20(22,23)14-3-1-5-16(11-14)32(30,31)27-15-4-2-10-28(12-15)18-9-8-17-24-25-19(13-6-7-13)29(17)26-18/h1,3,5,8-9,11,13,15H,2,4,6-7,10,12H2,(H-,27,30,31). The van der Waals surface area contributed by atoms with Gasteiger partial charge in [-0.25, -0.2) is 0 Å². The number of sulfonamides is 1. The first-order valence-corrected chi connectivity index (χ1v) is 11.9. The maximum atomic E-state index is 13.0. The molecule has 2 aromatic heterocycles. The zero-order chi connectivity index (χ0) is 22.5. The summed E-state index contributed by atoms with van der Waals surface area (Å²) in [6, 6.07) is 6.97. The summed E-state index contributed by atoms with van der Waals surface area (Å²) in [6.07, 6.45) is -1.19. The molecule has 1 saturated heterocycles. The molecule has 2 fully saturated rings. The lowest BCUT2D eigenvalue weighted by atomic mass is 10.1. The number of nitrogens with zero attached hydrogens (tertiary/aromatic N) is 5. The summed E-state index contributed by atoms with van der Waals surface area (Å²) < 4.78 is 68.8. The SMILES string of the molecule is O=[S+]([O-])(NC1CCCN(c2ccc3nnc(C4CC4)n3n2)C1)c1cccc(C(F)(F)F)c1. The predicted molar refractivity (Wildman–Crippen MR) is 110 cm³/mol. The van der Waals surface area contributed by atoms with Gasteiger partial charge in [0.25, 0.3) is 0 Å². The van der Waals surface area contributed by atoms with Crippen molar-refractivity contribution in [1.29, 1.82) is 0 Å². The molecule has 170 valence electrons. The third-order valence-corrected chi connectivity index (χ3v) is 7.27. The van der Waals surface area contributed by atoms with Crippen LogP contribution in [0.2, 0.25) is 0 Å². The van der Waals surface area contributed by atoms with Crippen LogP contribution in [0.3, 0.4) is 0 Å². The zero-order valence-electron chi connectivity index (χ0n) is 17.0. The van der Waals surface area contributed by atoms with Gasteiger partial charge < -0.3 is 9.45 Å². The number of hydrogen-bond acceptors (Lipinski definition) is 6. The first-order chi connectivity index (χ1) is 15.2. The molecule has 1 aliphatic heterocycles. The highest BCUT2D eigenvalue weighted by atomic mass is 32.3. The maximum absolute atomic E-state index is 13.0. The highest BCUT2D eigenvalue weighted by Gasteiger charge is 2.35. The summed E-state index contributed by atoms with van der Waals surface area (Å²) in [7, 11) is -4.11. The van der Waals surface area contributed by atoms with Gasteiger partial charge in [0, 0.05) is 25.1 Å². The fraction of sp³-hybridized carbons (Fsp3) is 0.450. The van der Waals surface area contributed by atoms with E-state index in [0.29, 0.717) is 49.4 Å². The minimum Gasteiger partial charge on any atom is -0.593 e. The van der Waals surface area contributed by atoms with E-state index in [1.54, 1.807) is 4.52 Å². The molecule has 2 atom stereocenters. The molecule has 0 bridgehead atoms. The van der Waals surface area contributed by atoms with Crippen LogP contribution in [-0.2, 0) is 20.8 Å². The second-order valence-electron chi connectivity index (χ2n) is 8.23. The lowest BCUT2D eigenvalue weighted by Gasteiger charge is -2.34. The summed E-state index contributed by atoms with van der Waals surface area (Å²) in [4.78, 5) is 1.57. The Morgan fingerprint density at radius 2 is 1.94 bits per heavy atom. The van der Waals surface area contributed by atoms with Crippen molar-refractivity contribution >= 4 is 21.9 Å². The molecule has 3 aromatic rings. The Hall–Kier alpha value is -2.57. The van der Waals surface area contributed by atoms with Crippen LogP contribution in [-0.4, -0.2) is 43.5 Å². The molecule has 12 heteroatoms. The summed E-state index contributed by atoms with van der Waals surface area (Å²) >= 11 is 0. The molecular weight excluding hydrogens is 445 g/mol. The van der Waals surface area contributed by atoms with E-state index >= 15 is 0 Å². The molecule has 8 nitrogen and oxygen atoms in total. The van der Waals surface area contributed by atoms with E-state index in [0.717, 1.165) is 30.8 Å². The van der Waals surface area contributed by atoms with Crippen LogP contribution in [0.1, 0.15) is 43.0 Å². The van der Waals surface area contributed by atoms with Crippen LogP contribution in [0.25, 0.3) is 5.65 Å². The largest absolute Gasteiger partial charge is 0.593 e. The lowest BCUT2D eigenvalue weighted by molar-refractivity contribution is -0.137. The van der Waals surface area contributed by atoms with E-state index in [-0.39, 0.29) is 0 Å². The van der Waals surface area contributed by atoms with Crippen molar-refractivity contribution in [3.05, 3.63) is 47.8 Å². The Bertz CT molecular complexity index is 1200. The second kappa shape index (κ2) is 7.78. The van der Waals surface area contributed by atoms with Gasteiger partial charge in [0.15, 0.2) is 26.8 Å². The van der Waals surface area contributed by atoms with Crippen molar-refractivity contribution in [1.82, 2.24) is 24.5 Å². The average molecular weight is 466 g/mol. The molecule has 0 radical (unpaired) electrons. The molecular formula is C20H21F3N6O2S. The molecule has 32 heavy (non-hydrogen) atoms. The number of piperidine rings is 1. The molecule has 0 spiro atoms. The van der Waals surface area contributed by atoms with Crippen molar-refractivity contribution in [3.8, 4) is 0 Å². The summed E-state index contributed by atoms with van der Waals surface area (Å²) in [6.45, 7) is 1.05. The third kappa shape index (κ3) is 4.21. The number of anilines is 1. The first kappa shape index (κ1) is 21.3. The number of aromatic nitrogens is 4. The predicted octanol–water partition coefficient (Wildman–Crippen LogP) is 3.18. The smallest absolute Gasteiger partial charge is 0.416 e. The normalized spacial score (nSPS) is 21.6. The summed E-state index contributed by atoms with van der Waals surface area (Å²) in [5, 5.41) is 13.0. The topological polar surface area (TPSA) is 98.5 Å². The van der Waals surface area contributed by atoms with E-state index in [4.69, 9.17) is 0 Å². The van der Waals surface area contributed by atoms with E-state index < -0.39 is 33.1 Å². The lowest BCUT2D eigenvalue weighted by Crippen LogP contribution is -2.49. The average Bonchev–Trinajstić information content (AvgIpc) is 3.51. The molecule has 2 unspecified atom stereocenters. The Morgan fingerprint density at radius 1 is 1.12 bits per heavy atom. The molecule has 1 N–H and O–H groups in total. The van der Waals surface area contributed by atoms with Gasteiger partial charge in [0.1, 0.15) is 5.82 Å². The van der Waals surface area contributed by atoms with Crippen molar-refractivity contribution in [2.75, 3.05) is 18.0 Å². The Labute approximate surface area is 183 Å². The van der Waals surface area contributed by atoms with Crippen LogP contribution in [0.15, 0.2) is 41.3 Å². The number of nitrogens with one attached hydrogen (secondary N) is 1. The Kier molecular flexibility index (Phi) is 5.18. The first-order valence-electron chi connectivity index (χ1n) is 10.4. The van der Waals surface area contributed by atoms with Crippen LogP contribution < -0.4 is 9.62 Å². The number of hydrogen-bond donors (Lipinski definition) is 1. The van der Waals surface area contributed by atoms with E-state index in [2.05, 4.69) is 20.0 Å². The van der Waals surface area contributed by atoms with E-state index in [1.807, 2.05) is 17.0 Å². The van der Waals surface area contributed by atoms with Crippen molar-refractivity contribution in [2.24, 2.45) is 0 Å². The monoisotopic (exact) mass is 466 g/mol. The quantitative estimate of drug-likeness (QED) is 0.580. The number of rotatable bonds is 5. The second-order valence-corrected chi connectivity index (χ2v) is 9.94. The Morgan fingerprint density at radius 3 is 2.69 bits per heavy atom. The summed E-state index contributed by atoms with van der Waals surface area (Å²) in [5.74, 6) is 1.89. The van der Waals surface area contributed by atoms with Crippen LogP contribution in [0.4, 0.5) is 19.0 Å². The van der Waals surface area contributed by atoms with Crippen molar-refractivity contribution < 1.29 is 21.9 Å². The molecule has 1 aromatic carbocycles. The van der Waals surface area contributed by atoms with Gasteiger partial charge in [0.05, 0.1) is 11.6 Å². The van der Waals surface area contributed by atoms with Gasteiger partial charge in [-0.1, -0.05) is 10.3 Å². The number of benzene rings is 1. The summed E-state index contributed by atoms with van der Waals surface area (Å²) in [5.41, 5.74) is -0.335. The minimum absolute atomic E-state index is 0.359. The van der Waals surface area contributed by atoms with E-state index in [9.17, 15) is 21.9 Å². The van der Waals surface area contributed by atoms with Gasteiger partial charge in [-0.2, -0.15) is 17.7 Å². The minimum atomic E-state index is -4.61. The molecule has 5 rings (SSSR count). The molecule has 3 heterocycles. The van der Waals surface area contributed by atoms with Gasteiger partial charge >= 0.3 is 6.18 Å². The highest BCUT2D eigenvalue weighted by Crippen LogP contribution is 2.39. The van der Waals surface area contributed by atoms with Crippen LogP contribution in [0, 0.1) is 0 Å². The van der Waals surface area contributed by atoms with Crippen molar-refractivity contribution in [3.63, 3.8) is 0 Å². The Balaban J connectivity index is 1.33. The van der Waals surface area contributed by atoms with Gasteiger partial charge in [-0.3, -0.25) is 0 Å². The zero-order valence-corrected chi connectivity index (χ0v) is 17.8. The van der Waals surface area contributed by atoms with Gasteiger partial charge in [0.2, 0.25) is 0 Å². The van der Waals surface area contributed by atoms with Crippen LogP contribution >= 0.6 is 0 Å². The van der Waals surface area contributed by atoms with Crippen molar-refractivity contribution in [2.45, 2.75) is 48.7 Å². The van der Waals surface area contributed by atoms with Gasteiger partial charge in [-0.05, 0) is 49.9 Å². The highest BCUT2D eigenvalue weighted by molar-refractivity contribution is 7.95. The van der Waals surface area contributed by atoms with Gasteiger partial charge in [-0.15, -0.1) is 20.0 Å². The molecule has 2 aliphatic rings. The number of alkyl halides is 3. The number of halogens is 3. The molecule has 1 saturated carbocycles. The van der Waals surface area contributed by atoms with E-state index in [1.165, 1.54) is 6.07 Å².